The molecule has 0 amide bonds. The molecule has 1 atom stereocenters. The average molecular weight is 251 g/mol. The van der Waals surface area contributed by atoms with Crippen LogP contribution in [-0.2, 0) is 0 Å². The van der Waals surface area contributed by atoms with Crippen LogP contribution in [0.3, 0.4) is 0 Å². The molecule has 0 bridgehead atoms. The molecule has 1 unspecified atom stereocenters. The molecule has 0 heterocycles. The van der Waals surface area contributed by atoms with E-state index >= 15 is 0 Å². The second kappa shape index (κ2) is 5.70. The zero-order chi connectivity index (χ0) is 13.1. The van der Waals surface area contributed by atoms with Gasteiger partial charge in [-0.15, -0.1) is 0 Å². The molecule has 100 valence electrons. The summed E-state index contributed by atoms with van der Waals surface area (Å²) in [5.41, 5.74) is 6.22. The van der Waals surface area contributed by atoms with Crippen molar-refractivity contribution in [2.24, 2.45) is 11.7 Å². The molecule has 3 heteroatoms. The Morgan fingerprint density at radius 2 is 1.94 bits per heavy atom. The van der Waals surface area contributed by atoms with Crippen LogP contribution >= 0.6 is 0 Å². The Morgan fingerprint density at radius 1 is 1.28 bits per heavy atom. The lowest BCUT2D eigenvalue weighted by Crippen LogP contribution is -2.23. The Morgan fingerprint density at radius 3 is 2.50 bits per heavy atom. The first-order valence-corrected chi connectivity index (χ1v) is 6.78. The van der Waals surface area contributed by atoms with Crippen molar-refractivity contribution >= 4 is 0 Å². The van der Waals surface area contributed by atoms with Crippen molar-refractivity contribution in [1.29, 1.82) is 0 Å². The molecular formula is C15H22FNO. The maximum atomic E-state index is 13.8. The van der Waals surface area contributed by atoms with Crippen molar-refractivity contribution in [3.8, 4) is 5.75 Å². The highest BCUT2D eigenvalue weighted by molar-refractivity contribution is 5.30. The van der Waals surface area contributed by atoms with E-state index in [-0.39, 0.29) is 18.0 Å². The molecule has 18 heavy (non-hydrogen) atoms. The lowest BCUT2D eigenvalue weighted by atomic mass is 9.89. The van der Waals surface area contributed by atoms with Gasteiger partial charge in [0, 0.05) is 17.7 Å². The molecule has 0 aliphatic heterocycles. The van der Waals surface area contributed by atoms with Crippen molar-refractivity contribution in [1.82, 2.24) is 0 Å². The quantitative estimate of drug-likeness (QED) is 0.886. The van der Waals surface area contributed by atoms with Crippen LogP contribution in [0.25, 0.3) is 0 Å². The number of hydrogen-bond donors (Lipinski definition) is 1. The van der Waals surface area contributed by atoms with E-state index in [4.69, 9.17) is 10.5 Å². The predicted octanol–water partition coefficient (Wildman–Crippen LogP) is 3.80. The van der Waals surface area contributed by atoms with Crippen LogP contribution in [0.1, 0.15) is 51.1 Å². The van der Waals surface area contributed by atoms with Gasteiger partial charge < -0.3 is 10.5 Å². The number of halogens is 1. The van der Waals surface area contributed by atoms with E-state index in [9.17, 15) is 4.39 Å². The van der Waals surface area contributed by atoms with E-state index in [1.807, 2.05) is 6.07 Å². The molecule has 1 aliphatic rings. The molecule has 0 aromatic heterocycles. The largest absolute Gasteiger partial charge is 0.490 e. The highest BCUT2D eigenvalue weighted by atomic mass is 19.1. The fraction of sp³-hybridized carbons (Fsp3) is 0.600. The Labute approximate surface area is 108 Å². The van der Waals surface area contributed by atoms with Crippen LogP contribution < -0.4 is 10.5 Å². The summed E-state index contributed by atoms with van der Waals surface area (Å²) >= 11 is 0. The van der Waals surface area contributed by atoms with Gasteiger partial charge in [0.15, 0.2) is 0 Å². The highest BCUT2D eigenvalue weighted by Gasteiger charge is 2.20. The van der Waals surface area contributed by atoms with Crippen LogP contribution in [0.2, 0.25) is 0 Å². The first kappa shape index (κ1) is 13.3. The molecular weight excluding hydrogens is 229 g/mol. The molecule has 1 aromatic carbocycles. The Balaban J connectivity index is 2.00. The minimum atomic E-state index is -0.283. The summed E-state index contributed by atoms with van der Waals surface area (Å²) in [6.45, 7) is 4.05. The van der Waals surface area contributed by atoms with Gasteiger partial charge in [-0.3, -0.25) is 0 Å². The minimum absolute atomic E-state index is 0.238. The van der Waals surface area contributed by atoms with Crippen LogP contribution in [0.5, 0.6) is 5.75 Å². The smallest absolute Gasteiger partial charge is 0.131 e. The van der Waals surface area contributed by atoms with Gasteiger partial charge in [-0.1, -0.05) is 13.0 Å². The van der Waals surface area contributed by atoms with Gasteiger partial charge in [-0.2, -0.15) is 0 Å². The van der Waals surface area contributed by atoms with Crippen LogP contribution in [-0.4, -0.2) is 6.10 Å². The second-order valence-electron chi connectivity index (χ2n) is 5.47. The van der Waals surface area contributed by atoms with Crippen molar-refractivity contribution in [2.75, 3.05) is 0 Å². The second-order valence-corrected chi connectivity index (χ2v) is 5.47. The summed E-state index contributed by atoms with van der Waals surface area (Å²) in [7, 11) is 0. The lowest BCUT2D eigenvalue weighted by molar-refractivity contribution is 0.135. The molecule has 1 saturated carbocycles. The van der Waals surface area contributed by atoms with E-state index in [1.165, 1.54) is 18.9 Å². The lowest BCUT2D eigenvalue weighted by Gasteiger charge is -2.27. The van der Waals surface area contributed by atoms with Gasteiger partial charge in [0.25, 0.3) is 0 Å². The Hall–Kier alpha value is -1.09. The number of hydrogen-bond acceptors (Lipinski definition) is 2. The van der Waals surface area contributed by atoms with Gasteiger partial charge in [-0.05, 0) is 44.6 Å². The fourth-order valence-electron chi connectivity index (χ4n) is 2.49. The first-order chi connectivity index (χ1) is 8.56. The monoisotopic (exact) mass is 251 g/mol. The number of ether oxygens (including phenoxy) is 1. The number of rotatable bonds is 3. The maximum absolute atomic E-state index is 13.8. The van der Waals surface area contributed by atoms with Gasteiger partial charge in [0.2, 0.25) is 0 Å². The Kier molecular flexibility index (Phi) is 4.23. The topological polar surface area (TPSA) is 35.2 Å². The summed E-state index contributed by atoms with van der Waals surface area (Å²) in [6, 6.07) is 4.71. The van der Waals surface area contributed by atoms with Crippen LogP contribution in [0.4, 0.5) is 4.39 Å². The summed E-state index contributed by atoms with van der Waals surface area (Å²) in [6.07, 6.45) is 4.77. The van der Waals surface area contributed by atoms with Crippen molar-refractivity contribution in [2.45, 2.75) is 51.7 Å². The van der Waals surface area contributed by atoms with E-state index in [2.05, 4.69) is 6.92 Å². The SMILES string of the molecule is CC1CCC(Oc2ccc(C(C)N)c(F)c2)CC1. The number of nitrogens with two attached hydrogens (primary N) is 1. The Bertz CT molecular complexity index is 397. The third-order valence-electron chi connectivity index (χ3n) is 3.73. The van der Waals surface area contributed by atoms with E-state index in [0.717, 1.165) is 18.8 Å². The van der Waals surface area contributed by atoms with Crippen LogP contribution in [0, 0.1) is 11.7 Å². The molecule has 1 aromatic rings. The van der Waals surface area contributed by atoms with Crippen molar-refractivity contribution < 1.29 is 9.13 Å². The first-order valence-electron chi connectivity index (χ1n) is 6.78. The molecule has 1 aliphatic carbocycles. The van der Waals surface area contributed by atoms with Crippen LogP contribution in [0.15, 0.2) is 18.2 Å². The highest BCUT2D eigenvalue weighted by Crippen LogP contribution is 2.28. The molecule has 0 spiro atoms. The average Bonchev–Trinajstić information content (AvgIpc) is 2.32. The molecule has 0 radical (unpaired) electrons. The molecule has 0 saturated heterocycles. The zero-order valence-electron chi connectivity index (χ0n) is 11.2. The van der Waals surface area contributed by atoms with Crippen molar-refractivity contribution in [3.05, 3.63) is 29.6 Å². The van der Waals surface area contributed by atoms with E-state index in [1.54, 1.807) is 13.0 Å². The fourth-order valence-corrected chi connectivity index (χ4v) is 2.49. The van der Waals surface area contributed by atoms with Gasteiger partial charge in [-0.25, -0.2) is 4.39 Å². The minimum Gasteiger partial charge on any atom is -0.490 e. The third kappa shape index (κ3) is 3.22. The number of benzene rings is 1. The summed E-state index contributed by atoms with van der Waals surface area (Å²) < 4.78 is 19.6. The zero-order valence-corrected chi connectivity index (χ0v) is 11.2. The van der Waals surface area contributed by atoms with E-state index < -0.39 is 0 Å². The maximum Gasteiger partial charge on any atom is 0.131 e. The standard InChI is InChI=1S/C15H22FNO/c1-10-3-5-12(6-4-10)18-13-7-8-14(11(2)17)15(16)9-13/h7-12H,3-6,17H2,1-2H3. The molecule has 2 nitrogen and oxygen atoms in total. The molecule has 2 rings (SSSR count). The van der Waals surface area contributed by atoms with Crippen molar-refractivity contribution in [3.63, 3.8) is 0 Å². The van der Waals surface area contributed by atoms with Gasteiger partial charge in [0.1, 0.15) is 11.6 Å². The van der Waals surface area contributed by atoms with Gasteiger partial charge >= 0.3 is 0 Å². The molecule has 2 N–H and O–H groups in total. The summed E-state index contributed by atoms with van der Waals surface area (Å²) in [5.74, 6) is 1.14. The summed E-state index contributed by atoms with van der Waals surface area (Å²) in [5, 5.41) is 0. The molecule has 1 fully saturated rings. The predicted molar refractivity (Wildman–Crippen MR) is 71.1 cm³/mol. The van der Waals surface area contributed by atoms with Gasteiger partial charge in [0.05, 0.1) is 6.10 Å². The summed E-state index contributed by atoms with van der Waals surface area (Å²) in [4.78, 5) is 0. The van der Waals surface area contributed by atoms with E-state index in [0.29, 0.717) is 11.3 Å². The normalized spacial score (nSPS) is 25.8. The third-order valence-corrected chi connectivity index (χ3v) is 3.73.